The zero-order chi connectivity index (χ0) is 7.52. The summed E-state index contributed by atoms with van der Waals surface area (Å²) in [5.74, 6) is 0. The minimum Gasteiger partial charge on any atom is -0.405 e. The van der Waals surface area contributed by atoms with Crippen LogP contribution in [0.2, 0.25) is 0 Å². The van der Waals surface area contributed by atoms with Crippen molar-refractivity contribution in [2.24, 2.45) is 0 Å². The zero-order valence-electron chi connectivity index (χ0n) is 6.12. The van der Waals surface area contributed by atoms with Crippen molar-refractivity contribution in [1.82, 2.24) is 0 Å². The number of rotatable bonds is 1. The van der Waals surface area contributed by atoms with Crippen LogP contribution in [-0.2, 0) is 9.31 Å². The van der Waals surface area contributed by atoms with Gasteiger partial charge >= 0.3 is 7.12 Å². The molecule has 2 nitrogen and oxygen atoms in total. The lowest BCUT2D eigenvalue weighted by Crippen LogP contribution is -2.31. The first kappa shape index (κ1) is 6.89. The third kappa shape index (κ3) is 1.44. The lowest BCUT2D eigenvalue weighted by Gasteiger charge is -2.01. The van der Waals surface area contributed by atoms with Gasteiger partial charge < -0.3 is 9.31 Å². The van der Waals surface area contributed by atoms with Crippen LogP contribution in [0.3, 0.4) is 0 Å². The number of hydrogen-bond acceptors (Lipinski definition) is 2. The van der Waals surface area contributed by atoms with Gasteiger partial charge in [-0.25, -0.2) is 0 Å². The maximum Gasteiger partial charge on any atom is 0.494 e. The van der Waals surface area contributed by atoms with Gasteiger partial charge in [0.2, 0.25) is 0 Å². The summed E-state index contributed by atoms with van der Waals surface area (Å²) in [5.41, 5.74) is 1.07. The van der Waals surface area contributed by atoms with Crippen LogP contribution in [0.25, 0.3) is 0 Å². The van der Waals surface area contributed by atoms with Gasteiger partial charge in [-0.3, -0.25) is 0 Å². The second-order valence-electron chi connectivity index (χ2n) is 2.41. The summed E-state index contributed by atoms with van der Waals surface area (Å²) < 4.78 is 10.6. The number of benzene rings is 1. The first-order valence-corrected chi connectivity index (χ1v) is 3.66. The molecule has 0 bridgehead atoms. The van der Waals surface area contributed by atoms with Gasteiger partial charge in [-0.05, 0) is 11.5 Å². The van der Waals surface area contributed by atoms with E-state index in [9.17, 15) is 0 Å². The SMILES string of the molecule is [c]1ccc(B2OCCO2)cc1. The van der Waals surface area contributed by atoms with Crippen LogP contribution in [0.1, 0.15) is 0 Å². The van der Waals surface area contributed by atoms with Crippen molar-refractivity contribution in [3.05, 3.63) is 30.3 Å². The minimum absolute atomic E-state index is 0.149. The first-order chi connectivity index (χ1) is 5.47. The Morgan fingerprint density at radius 3 is 2.45 bits per heavy atom. The summed E-state index contributed by atoms with van der Waals surface area (Å²) in [7, 11) is -0.149. The van der Waals surface area contributed by atoms with E-state index in [1.54, 1.807) is 0 Å². The van der Waals surface area contributed by atoms with E-state index >= 15 is 0 Å². The van der Waals surface area contributed by atoms with Crippen molar-refractivity contribution >= 4 is 12.6 Å². The summed E-state index contributed by atoms with van der Waals surface area (Å²) >= 11 is 0. The quantitative estimate of drug-likeness (QED) is 0.529. The van der Waals surface area contributed by atoms with Crippen molar-refractivity contribution in [3.8, 4) is 0 Å². The maximum absolute atomic E-state index is 5.30. The second kappa shape index (κ2) is 3.07. The molecule has 1 heterocycles. The highest BCUT2D eigenvalue weighted by Gasteiger charge is 2.25. The summed E-state index contributed by atoms with van der Waals surface area (Å²) in [6.45, 7) is 1.40. The van der Waals surface area contributed by atoms with Crippen molar-refractivity contribution in [3.63, 3.8) is 0 Å². The predicted octanol–water partition coefficient (Wildman–Crippen LogP) is 0.229. The molecule has 0 saturated carbocycles. The highest BCUT2D eigenvalue weighted by molar-refractivity contribution is 6.61. The lowest BCUT2D eigenvalue weighted by atomic mass is 9.80. The van der Waals surface area contributed by atoms with E-state index in [0.717, 1.165) is 5.46 Å². The molecule has 1 fully saturated rings. The van der Waals surface area contributed by atoms with Crippen LogP contribution in [0.5, 0.6) is 0 Å². The Morgan fingerprint density at radius 2 is 1.82 bits per heavy atom. The predicted molar refractivity (Wildman–Crippen MR) is 42.6 cm³/mol. The summed E-state index contributed by atoms with van der Waals surface area (Å²) in [4.78, 5) is 0. The molecular formula is C8H8BO2. The Hall–Kier alpha value is -0.795. The van der Waals surface area contributed by atoms with Gasteiger partial charge in [-0.15, -0.1) is 0 Å². The fourth-order valence-corrected chi connectivity index (χ4v) is 1.11. The van der Waals surface area contributed by atoms with Gasteiger partial charge in [0, 0.05) is 0 Å². The largest absolute Gasteiger partial charge is 0.494 e. The molecule has 55 valence electrons. The van der Waals surface area contributed by atoms with Crippen molar-refractivity contribution < 1.29 is 9.31 Å². The highest BCUT2D eigenvalue weighted by atomic mass is 16.6. The van der Waals surface area contributed by atoms with Gasteiger partial charge in [0.25, 0.3) is 0 Å². The Kier molecular flexibility index (Phi) is 1.92. The Labute approximate surface area is 66.3 Å². The molecule has 1 aromatic carbocycles. The van der Waals surface area contributed by atoms with E-state index < -0.39 is 0 Å². The fourth-order valence-electron chi connectivity index (χ4n) is 1.11. The molecule has 0 atom stereocenters. The summed E-state index contributed by atoms with van der Waals surface area (Å²) in [6, 6.07) is 10.6. The first-order valence-electron chi connectivity index (χ1n) is 3.66. The van der Waals surface area contributed by atoms with E-state index in [-0.39, 0.29) is 7.12 Å². The lowest BCUT2D eigenvalue weighted by molar-refractivity contribution is 0.365. The Morgan fingerprint density at radius 1 is 1.18 bits per heavy atom. The smallest absolute Gasteiger partial charge is 0.405 e. The number of hydrogen-bond donors (Lipinski definition) is 0. The molecule has 3 heteroatoms. The highest BCUT2D eigenvalue weighted by Crippen LogP contribution is 1.99. The van der Waals surface area contributed by atoms with Gasteiger partial charge in [0.1, 0.15) is 0 Å². The maximum atomic E-state index is 5.30. The van der Waals surface area contributed by atoms with E-state index in [4.69, 9.17) is 9.31 Å². The normalized spacial score (nSPS) is 17.3. The third-order valence-electron chi connectivity index (χ3n) is 1.64. The van der Waals surface area contributed by atoms with Crippen LogP contribution in [0, 0.1) is 6.07 Å². The molecule has 1 aliphatic rings. The average molecular weight is 147 g/mol. The molecule has 1 aromatic rings. The fraction of sp³-hybridized carbons (Fsp3) is 0.250. The Bertz CT molecular complexity index is 219. The van der Waals surface area contributed by atoms with Crippen molar-refractivity contribution in [2.75, 3.05) is 13.2 Å². The van der Waals surface area contributed by atoms with Crippen LogP contribution >= 0.6 is 0 Å². The zero-order valence-corrected chi connectivity index (χ0v) is 6.12. The standard InChI is InChI=1S/C8H8BO2/c1-2-4-8(5-3-1)9-10-6-7-11-9/h2-5H,6-7H2. The van der Waals surface area contributed by atoms with Gasteiger partial charge in [0.05, 0.1) is 13.2 Å². The average Bonchev–Trinajstić information content (AvgIpc) is 2.58. The minimum atomic E-state index is -0.149. The monoisotopic (exact) mass is 147 g/mol. The van der Waals surface area contributed by atoms with E-state index in [1.807, 2.05) is 24.3 Å². The van der Waals surface area contributed by atoms with Crippen molar-refractivity contribution in [2.45, 2.75) is 0 Å². The molecule has 1 radical (unpaired) electrons. The molecular weight excluding hydrogens is 139 g/mol. The third-order valence-corrected chi connectivity index (χ3v) is 1.64. The molecule has 0 spiro atoms. The summed E-state index contributed by atoms with van der Waals surface area (Å²) in [5, 5.41) is 0. The molecule has 0 unspecified atom stereocenters. The van der Waals surface area contributed by atoms with E-state index in [0.29, 0.717) is 13.2 Å². The van der Waals surface area contributed by atoms with Crippen LogP contribution in [0.4, 0.5) is 0 Å². The van der Waals surface area contributed by atoms with E-state index in [1.165, 1.54) is 0 Å². The van der Waals surface area contributed by atoms with Crippen LogP contribution < -0.4 is 5.46 Å². The molecule has 0 N–H and O–H groups in total. The van der Waals surface area contributed by atoms with Gasteiger partial charge in [-0.1, -0.05) is 24.3 Å². The second-order valence-corrected chi connectivity index (χ2v) is 2.41. The van der Waals surface area contributed by atoms with Crippen molar-refractivity contribution in [1.29, 1.82) is 0 Å². The van der Waals surface area contributed by atoms with Crippen LogP contribution in [-0.4, -0.2) is 20.3 Å². The molecule has 0 aliphatic carbocycles. The molecule has 11 heavy (non-hydrogen) atoms. The molecule has 1 saturated heterocycles. The molecule has 0 aromatic heterocycles. The summed E-state index contributed by atoms with van der Waals surface area (Å²) in [6.07, 6.45) is 0. The topological polar surface area (TPSA) is 18.5 Å². The molecule has 1 aliphatic heterocycles. The van der Waals surface area contributed by atoms with E-state index in [2.05, 4.69) is 6.07 Å². The Balaban J connectivity index is 2.16. The van der Waals surface area contributed by atoms with Gasteiger partial charge in [0.15, 0.2) is 0 Å². The molecule has 2 rings (SSSR count). The van der Waals surface area contributed by atoms with Crippen LogP contribution in [0.15, 0.2) is 24.3 Å². The van der Waals surface area contributed by atoms with Gasteiger partial charge in [-0.2, -0.15) is 0 Å². The molecule has 0 amide bonds.